The average molecular weight is 354 g/mol. The third-order valence-corrected chi connectivity index (χ3v) is 0. The molecule has 0 aromatic heterocycles. The van der Waals surface area contributed by atoms with Crippen molar-refractivity contribution in [3.05, 3.63) is 0 Å². The number of rotatable bonds is 0. The zero-order chi connectivity index (χ0) is 2.71. The van der Waals surface area contributed by atoms with Crippen LogP contribution in [0.4, 0.5) is 0 Å². The van der Waals surface area contributed by atoms with E-state index >= 15 is 0 Å². The van der Waals surface area contributed by atoms with Crippen LogP contribution >= 0.6 is 32.5 Å². The first-order valence-corrected chi connectivity index (χ1v) is 1.60. The summed E-state index contributed by atoms with van der Waals surface area (Å²) in [6.45, 7) is 0. The molecule has 0 heterocycles. The average Bonchev–Trinajstić information content (AvgIpc) is 0.918. The minimum atomic E-state index is 0. The van der Waals surface area contributed by atoms with Gasteiger partial charge in [0.2, 0.25) is 0 Å². The van der Waals surface area contributed by atoms with Gasteiger partial charge in [0.05, 0.1) is 0 Å². The zero-order valence-corrected chi connectivity index (χ0v) is 8.43. The van der Waals surface area contributed by atoms with E-state index < -0.39 is 0 Å². The van der Waals surface area contributed by atoms with Gasteiger partial charge < -0.3 is 0 Å². The fourth-order valence-corrected chi connectivity index (χ4v) is 0. The summed E-state index contributed by atoms with van der Waals surface area (Å²) in [4.78, 5) is 0. The van der Waals surface area contributed by atoms with Gasteiger partial charge in [0, 0.05) is 25.8 Å². The van der Waals surface area contributed by atoms with Gasteiger partial charge in [-0.25, -0.2) is 2.92 Å². The van der Waals surface area contributed by atoms with Gasteiger partial charge in [-0.15, -0.1) is 0 Å². The fraction of sp³-hybridized carbons (Fsp3) is 0. The molecular formula is Br2HfO. The Bertz CT molecular complexity index is 6.00. The minimum Gasteiger partial charge on any atom is -0.230 e. The van der Waals surface area contributed by atoms with Crippen molar-refractivity contribution in [2.75, 3.05) is 0 Å². The Balaban J connectivity index is 0. The van der Waals surface area contributed by atoms with Crippen molar-refractivity contribution in [1.82, 2.24) is 0 Å². The summed E-state index contributed by atoms with van der Waals surface area (Å²) < 4.78 is 3.88. The van der Waals surface area contributed by atoms with Crippen LogP contribution in [0.25, 0.3) is 0 Å². The van der Waals surface area contributed by atoms with E-state index in [1.54, 1.807) is 0 Å². The van der Waals surface area contributed by atoms with E-state index in [0.717, 1.165) is 0 Å². The second kappa shape index (κ2) is 8.84. The molecule has 0 atom stereocenters. The van der Waals surface area contributed by atoms with Crippen molar-refractivity contribution >= 4 is 32.5 Å². The molecule has 0 saturated carbocycles. The smallest absolute Gasteiger partial charge is 0.115 e. The summed E-state index contributed by atoms with van der Waals surface area (Å²) in [6, 6.07) is 0. The third kappa shape index (κ3) is 9.21. The molecule has 0 rings (SSSR count). The van der Waals surface area contributed by atoms with E-state index in [9.17, 15) is 0 Å². The van der Waals surface area contributed by atoms with Gasteiger partial charge in [-0.3, -0.25) is 0 Å². The zero-order valence-electron chi connectivity index (χ0n) is 1.66. The van der Waals surface area contributed by atoms with Gasteiger partial charge in [0.25, 0.3) is 0 Å². The summed E-state index contributed by atoms with van der Waals surface area (Å²) in [5, 5.41) is 0. The molecular weight excluding hydrogens is 354 g/mol. The van der Waals surface area contributed by atoms with Crippen LogP contribution < -0.4 is 0 Å². The van der Waals surface area contributed by atoms with Gasteiger partial charge in [-0.2, -0.15) is 0 Å². The van der Waals surface area contributed by atoms with E-state index in [4.69, 9.17) is 0 Å². The Morgan fingerprint density at radius 2 is 1.25 bits per heavy atom. The van der Waals surface area contributed by atoms with Crippen molar-refractivity contribution in [3.63, 3.8) is 0 Å². The second-order valence-electron chi connectivity index (χ2n) is 0.0583. The molecule has 0 aliphatic carbocycles. The van der Waals surface area contributed by atoms with Crippen LogP contribution in [0.2, 0.25) is 0 Å². The molecule has 0 radical (unpaired) electrons. The Labute approximate surface area is 60.8 Å². The first-order valence-electron chi connectivity index (χ1n) is 0.309. The van der Waals surface area contributed by atoms with Gasteiger partial charge >= 0.3 is 0 Å². The normalized spacial score (nSPS) is 4.50. The second-order valence-corrected chi connectivity index (χ2v) is 1.57. The van der Waals surface area contributed by atoms with Crippen molar-refractivity contribution in [2.24, 2.45) is 0 Å². The number of hydrogen-bond donors (Lipinski definition) is 0. The van der Waals surface area contributed by atoms with Crippen LogP contribution in [-0.2, 0) is 28.8 Å². The summed E-state index contributed by atoms with van der Waals surface area (Å²) in [7, 11) is 0. The van der Waals surface area contributed by atoms with Gasteiger partial charge in [-0.05, 0) is 0 Å². The number of halogens is 2. The van der Waals surface area contributed by atoms with Crippen molar-refractivity contribution in [3.8, 4) is 0 Å². The molecule has 4 heavy (non-hydrogen) atoms. The summed E-state index contributed by atoms with van der Waals surface area (Å²) in [5.74, 6) is 0. The molecule has 0 aliphatic rings. The maximum Gasteiger partial charge on any atom is 0.115 e. The molecule has 0 aromatic rings. The molecule has 0 aliphatic heterocycles. The molecule has 0 N–H and O–H groups in total. The van der Waals surface area contributed by atoms with Crippen LogP contribution in [0.3, 0.4) is 0 Å². The number of hydrogen-bond acceptors (Lipinski definition) is 1. The van der Waals surface area contributed by atoms with E-state index in [-0.39, 0.29) is 25.8 Å². The van der Waals surface area contributed by atoms with Crippen molar-refractivity contribution < 1.29 is 28.8 Å². The molecule has 0 aromatic carbocycles. The molecule has 0 amide bonds. The van der Waals surface area contributed by atoms with Gasteiger partial charge in [-0.1, -0.05) is 0 Å². The maximum atomic E-state index is 3.88. The molecule has 0 fully saturated rings. The minimum absolute atomic E-state index is 0. The quantitative estimate of drug-likeness (QED) is 0.601. The molecule has 0 saturated heterocycles. The Morgan fingerprint density at radius 1 is 1.25 bits per heavy atom. The van der Waals surface area contributed by atoms with Crippen molar-refractivity contribution in [2.45, 2.75) is 0 Å². The van der Waals surface area contributed by atoms with E-state index in [1.165, 1.54) is 0 Å². The summed E-state index contributed by atoms with van der Waals surface area (Å²) in [5.41, 5.74) is 0. The fourth-order valence-electron chi connectivity index (χ4n) is 0. The first-order chi connectivity index (χ1) is 1.41. The van der Waals surface area contributed by atoms with Crippen molar-refractivity contribution in [1.29, 1.82) is 0 Å². The first kappa shape index (κ1) is 9.25. The van der Waals surface area contributed by atoms with Crippen LogP contribution in [0, 0.1) is 0 Å². The van der Waals surface area contributed by atoms with E-state index in [2.05, 4.69) is 35.4 Å². The Kier molecular flexibility index (Phi) is 20.4. The monoisotopic (exact) mass is 354 g/mol. The molecule has 4 heteroatoms. The van der Waals surface area contributed by atoms with E-state index in [1.807, 2.05) is 0 Å². The van der Waals surface area contributed by atoms with Crippen LogP contribution in [0.5, 0.6) is 0 Å². The largest absolute Gasteiger partial charge is 0.230 e. The van der Waals surface area contributed by atoms with Gasteiger partial charge in [0.1, 0.15) is 32.5 Å². The third-order valence-electron chi connectivity index (χ3n) is 0. The summed E-state index contributed by atoms with van der Waals surface area (Å²) in [6.07, 6.45) is 0. The van der Waals surface area contributed by atoms with Gasteiger partial charge in [0.15, 0.2) is 0 Å². The molecule has 24 valence electrons. The van der Waals surface area contributed by atoms with E-state index in [0.29, 0.717) is 0 Å². The van der Waals surface area contributed by atoms with Crippen LogP contribution in [-0.4, -0.2) is 0 Å². The SMILES string of the molecule is BrOBr.[Hf]. The maximum absolute atomic E-state index is 3.88. The molecule has 0 unspecified atom stereocenters. The Morgan fingerprint density at radius 3 is 1.25 bits per heavy atom. The molecule has 0 spiro atoms. The standard InChI is InChI=1S/Br2O.Hf/c1-3-2;. The predicted octanol–water partition coefficient (Wildman–Crippen LogP) is 1.62. The van der Waals surface area contributed by atoms with Crippen LogP contribution in [0.15, 0.2) is 0 Å². The summed E-state index contributed by atoms with van der Waals surface area (Å²) >= 11 is 5.12. The predicted molar refractivity (Wildman–Crippen MR) is 18.9 cm³/mol. The topological polar surface area (TPSA) is 9.23 Å². The van der Waals surface area contributed by atoms with Crippen LogP contribution in [0.1, 0.15) is 0 Å². The molecule has 0 bridgehead atoms. The Hall–Kier alpha value is 1.79. The molecule has 1 nitrogen and oxygen atoms in total.